The number of nitrogens with one attached hydrogen (secondary N) is 2. The van der Waals surface area contributed by atoms with Crippen LogP contribution in [0.25, 0.3) is 10.1 Å². The lowest BCUT2D eigenvalue weighted by atomic mass is 10.0. The van der Waals surface area contributed by atoms with Crippen molar-refractivity contribution >= 4 is 43.3 Å². The van der Waals surface area contributed by atoms with Crippen LogP contribution in [0.2, 0.25) is 0 Å². The molecule has 2 fully saturated rings. The van der Waals surface area contributed by atoms with Gasteiger partial charge in [0.1, 0.15) is 11.9 Å². The monoisotopic (exact) mass is 552 g/mol. The Labute approximate surface area is 218 Å². The lowest BCUT2D eigenvalue weighted by molar-refractivity contribution is 0.0913. The largest absolute Gasteiger partial charge is 0.489 e. The fourth-order valence-electron chi connectivity index (χ4n) is 4.85. The maximum absolute atomic E-state index is 12.8. The number of hydrogen-bond donors (Lipinski definition) is 2. The van der Waals surface area contributed by atoms with Gasteiger partial charge in [0, 0.05) is 35.8 Å². The summed E-state index contributed by atoms with van der Waals surface area (Å²) in [4.78, 5) is 16.0. The first kappa shape index (κ1) is 24.3. The number of likely N-dealkylation sites (tertiary alicyclic amines) is 1. The number of carbonyl (C=O) groups is 1. The molecule has 6 nitrogen and oxygen atoms in total. The summed E-state index contributed by atoms with van der Waals surface area (Å²) in [6.07, 6.45) is 4.23. The number of nitriles is 1. The van der Waals surface area contributed by atoms with Crippen molar-refractivity contribution in [3.8, 4) is 11.8 Å². The van der Waals surface area contributed by atoms with Crippen LogP contribution in [-0.2, 0) is 6.54 Å². The maximum Gasteiger partial charge on any atom is 0.261 e. The summed E-state index contributed by atoms with van der Waals surface area (Å²) < 4.78 is 8.18. The molecule has 5 rings (SSSR count). The first-order chi connectivity index (χ1) is 17.1. The van der Waals surface area contributed by atoms with Crippen molar-refractivity contribution in [2.45, 2.75) is 44.4 Å². The molecule has 2 aromatic carbocycles. The van der Waals surface area contributed by atoms with Gasteiger partial charge in [0.2, 0.25) is 0 Å². The van der Waals surface area contributed by atoms with Gasteiger partial charge < -0.3 is 15.4 Å². The van der Waals surface area contributed by atoms with E-state index in [2.05, 4.69) is 55.7 Å². The number of carbonyl (C=O) groups excluding carboxylic acids is 1. The molecule has 3 heterocycles. The lowest BCUT2D eigenvalue weighted by Crippen LogP contribution is -2.44. The summed E-state index contributed by atoms with van der Waals surface area (Å²) in [6, 6.07) is 16.3. The number of ether oxygens (including phenoxy) is 1. The van der Waals surface area contributed by atoms with Crippen molar-refractivity contribution in [2.24, 2.45) is 0 Å². The second-order valence-corrected chi connectivity index (χ2v) is 11.2. The van der Waals surface area contributed by atoms with Gasteiger partial charge in [-0.1, -0.05) is 12.1 Å². The van der Waals surface area contributed by atoms with Crippen molar-refractivity contribution in [1.29, 1.82) is 5.26 Å². The van der Waals surface area contributed by atoms with E-state index in [4.69, 9.17) is 4.74 Å². The van der Waals surface area contributed by atoms with Crippen molar-refractivity contribution in [3.63, 3.8) is 0 Å². The van der Waals surface area contributed by atoms with Crippen LogP contribution in [0, 0.1) is 11.3 Å². The molecular weight excluding hydrogens is 524 g/mol. The normalized spacial score (nSPS) is 17.8. The third kappa shape index (κ3) is 5.87. The molecule has 1 aromatic heterocycles. The van der Waals surface area contributed by atoms with Gasteiger partial charge in [0.15, 0.2) is 0 Å². The number of halogens is 1. The Kier molecular flexibility index (Phi) is 7.69. The molecule has 2 N–H and O–H groups in total. The van der Waals surface area contributed by atoms with E-state index in [0.717, 1.165) is 78.7 Å². The molecular formula is C27H29BrN4O2S. The highest BCUT2D eigenvalue weighted by atomic mass is 79.9. The first-order valence-corrected chi connectivity index (χ1v) is 13.8. The van der Waals surface area contributed by atoms with E-state index in [1.165, 1.54) is 16.9 Å². The minimum absolute atomic E-state index is 0.0400. The summed E-state index contributed by atoms with van der Waals surface area (Å²) in [5.41, 5.74) is 1.87. The number of hydrogen-bond acceptors (Lipinski definition) is 6. The van der Waals surface area contributed by atoms with Gasteiger partial charge in [0.05, 0.1) is 21.0 Å². The van der Waals surface area contributed by atoms with Crippen LogP contribution in [0.3, 0.4) is 0 Å². The molecule has 0 aliphatic carbocycles. The van der Waals surface area contributed by atoms with Crippen molar-refractivity contribution in [3.05, 3.63) is 62.9 Å². The highest BCUT2D eigenvalue weighted by Gasteiger charge is 2.23. The van der Waals surface area contributed by atoms with Crippen LogP contribution >= 0.6 is 27.3 Å². The summed E-state index contributed by atoms with van der Waals surface area (Å²) in [7, 11) is 0. The zero-order valence-corrected chi connectivity index (χ0v) is 22.0. The highest BCUT2D eigenvalue weighted by Crippen LogP contribution is 2.30. The van der Waals surface area contributed by atoms with Gasteiger partial charge in [-0.05, 0) is 90.6 Å². The van der Waals surface area contributed by atoms with E-state index in [0.29, 0.717) is 10.4 Å². The van der Waals surface area contributed by atoms with E-state index >= 15 is 0 Å². The molecule has 2 saturated heterocycles. The molecule has 0 atom stereocenters. The molecule has 1 amide bonds. The van der Waals surface area contributed by atoms with Gasteiger partial charge in [-0.2, -0.15) is 5.26 Å². The van der Waals surface area contributed by atoms with Crippen LogP contribution in [-0.4, -0.2) is 49.1 Å². The number of fused-ring (bicyclic) bond motifs is 1. The Hall–Kier alpha value is -2.44. The van der Waals surface area contributed by atoms with Crippen LogP contribution in [0.4, 0.5) is 0 Å². The fraction of sp³-hybridized carbons (Fsp3) is 0.407. The standard InChI is InChI=1S/C27H29BrN4O2S/c28-23-14-18(4-5-24(23)34-21-6-10-30-11-7-21)17-32-12-8-20(9-13-32)31-27(33)26-15-22-19(16-29)2-1-3-25(22)35-26/h1-5,14-15,20-21,30H,6-13,17H2,(H,31,33). The Morgan fingerprint density at radius 1 is 1.17 bits per heavy atom. The minimum atomic E-state index is -0.0400. The maximum atomic E-state index is 12.8. The highest BCUT2D eigenvalue weighted by molar-refractivity contribution is 9.10. The second kappa shape index (κ2) is 11.1. The molecule has 2 aliphatic rings. The van der Waals surface area contributed by atoms with Gasteiger partial charge >= 0.3 is 0 Å². The Morgan fingerprint density at radius 3 is 2.71 bits per heavy atom. The quantitative estimate of drug-likeness (QED) is 0.446. The van der Waals surface area contributed by atoms with Crippen LogP contribution < -0.4 is 15.4 Å². The predicted octanol–water partition coefficient (Wildman–Crippen LogP) is 5.06. The fourth-order valence-corrected chi connectivity index (χ4v) is 6.36. The number of amides is 1. The first-order valence-electron chi connectivity index (χ1n) is 12.2. The van der Waals surface area contributed by atoms with Gasteiger partial charge in [-0.15, -0.1) is 11.3 Å². The topological polar surface area (TPSA) is 77.4 Å². The Bertz CT molecular complexity index is 1240. The average molecular weight is 554 g/mol. The second-order valence-electron chi connectivity index (χ2n) is 9.30. The molecule has 3 aromatic rings. The van der Waals surface area contributed by atoms with E-state index in [1.807, 2.05) is 18.2 Å². The molecule has 8 heteroatoms. The SMILES string of the molecule is N#Cc1cccc2sc(C(=O)NC3CCN(Cc4ccc(OC5CCNCC5)c(Br)c4)CC3)cc12. The van der Waals surface area contributed by atoms with Gasteiger partial charge in [-0.25, -0.2) is 0 Å². The minimum Gasteiger partial charge on any atom is -0.489 e. The van der Waals surface area contributed by atoms with Crippen molar-refractivity contribution < 1.29 is 9.53 Å². The third-order valence-corrected chi connectivity index (χ3v) is 8.53. The zero-order chi connectivity index (χ0) is 24.2. The van der Waals surface area contributed by atoms with Crippen LogP contribution in [0.15, 0.2) is 46.9 Å². The van der Waals surface area contributed by atoms with E-state index in [1.54, 1.807) is 6.07 Å². The summed E-state index contributed by atoms with van der Waals surface area (Å²) in [5, 5.41) is 16.7. The molecule has 2 aliphatic heterocycles. The Balaban J connectivity index is 1.12. The molecule has 35 heavy (non-hydrogen) atoms. The smallest absolute Gasteiger partial charge is 0.261 e. The van der Waals surface area contributed by atoms with Crippen molar-refractivity contribution in [2.75, 3.05) is 26.2 Å². The third-order valence-electron chi connectivity index (χ3n) is 6.81. The van der Waals surface area contributed by atoms with Gasteiger partial charge in [-0.3, -0.25) is 9.69 Å². The molecule has 0 saturated carbocycles. The number of piperidine rings is 2. The van der Waals surface area contributed by atoms with Gasteiger partial charge in [0.25, 0.3) is 5.91 Å². The number of benzene rings is 2. The molecule has 0 spiro atoms. The Morgan fingerprint density at radius 2 is 1.97 bits per heavy atom. The zero-order valence-electron chi connectivity index (χ0n) is 19.6. The van der Waals surface area contributed by atoms with Crippen LogP contribution in [0.1, 0.15) is 46.5 Å². The molecule has 182 valence electrons. The molecule has 0 bridgehead atoms. The predicted molar refractivity (Wildman–Crippen MR) is 143 cm³/mol. The average Bonchev–Trinajstić information content (AvgIpc) is 3.32. The summed E-state index contributed by atoms with van der Waals surface area (Å²) in [6.45, 7) is 4.81. The lowest BCUT2D eigenvalue weighted by Gasteiger charge is -2.32. The molecule has 0 radical (unpaired) electrons. The summed E-state index contributed by atoms with van der Waals surface area (Å²) >= 11 is 5.14. The van der Waals surface area contributed by atoms with Crippen molar-refractivity contribution in [1.82, 2.24) is 15.5 Å². The number of rotatable bonds is 6. The summed E-state index contributed by atoms with van der Waals surface area (Å²) in [5.74, 6) is 0.881. The molecule has 0 unspecified atom stereocenters. The van der Waals surface area contributed by atoms with Crippen LogP contribution in [0.5, 0.6) is 5.75 Å². The number of nitrogens with zero attached hydrogens (tertiary/aromatic N) is 2. The number of thiophene rings is 1. The van der Waals surface area contributed by atoms with E-state index in [-0.39, 0.29) is 18.1 Å². The van der Waals surface area contributed by atoms with E-state index < -0.39 is 0 Å². The van der Waals surface area contributed by atoms with E-state index in [9.17, 15) is 10.1 Å².